The molecule has 0 aromatic heterocycles. The van der Waals surface area contributed by atoms with E-state index in [1.807, 2.05) is 6.07 Å². The molecule has 6 nitrogen and oxygen atoms in total. The van der Waals surface area contributed by atoms with E-state index in [-0.39, 0.29) is 11.3 Å². The maximum absolute atomic E-state index is 12.2. The van der Waals surface area contributed by atoms with E-state index in [0.717, 1.165) is 24.3 Å². The molecule has 1 aliphatic rings. The molecule has 0 spiro atoms. The van der Waals surface area contributed by atoms with E-state index in [4.69, 9.17) is 14.2 Å². The van der Waals surface area contributed by atoms with Crippen molar-refractivity contribution >= 4 is 5.91 Å². The molecular weight excluding hydrogens is 332 g/mol. The first-order valence-electron chi connectivity index (χ1n) is 9.34. The number of benzene rings is 1. The van der Waals surface area contributed by atoms with Gasteiger partial charge in [-0.25, -0.2) is 0 Å². The summed E-state index contributed by atoms with van der Waals surface area (Å²) in [5.74, 6) is 1.49. The summed E-state index contributed by atoms with van der Waals surface area (Å²) in [6.45, 7) is 2.23. The van der Waals surface area contributed by atoms with Gasteiger partial charge in [0.2, 0.25) is 5.91 Å². The maximum atomic E-state index is 12.2. The highest BCUT2D eigenvalue weighted by molar-refractivity contribution is 5.78. The Morgan fingerprint density at radius 3 is 2.46 bits per heavy atom. The fourth-order valence-corrected chi connectivity index (χ4v) is 3.67. The van der Waals surface area contributed by atoms with Gasteiger partial charge in [0.05, 0.1) is 27.4 Å². The largest absolute Gasteiger partial charge is 0.493 e. The van der Waals surface area contributed by atoms with Crippen molar-refractivity contribution < 1.29 is 19.0 Å². The molecule has 0 heterocycles. The Hall–Kier alpha value is -1.79. The van der Waals surface area contributed by atoms with Crippen molar-refractivity contribution in [1.29, 1.82) is 0 Å². The maximum Gasteiger partial charge on any atom is 0.233 e. The van der Waals surface area contributed by atoms with Crippen molar-refractivity contribution in [3.8, 4) is 11.5 Å². The van der Waals surface area contributed by atoms with E-state index in [0.29, 0.717) is 26.2 Å². The van der Waals surface area contributed by atoms with Gasteiger partial charge in [0.15, 0.2) is 11.5 Å². The molecule has 2 rings (SSSR count). The molecule has 146 valence electrons. The number of methoxy groups -OCH3 is 3. The minimum atomic E-state index is -0.0417. The molecule has 26 heavy (non-hydrogen) atoms. The molecule has 1 fully saturated rings. The van der Waals surface area contributed by atoms with E-state index < -0.39 is 0 Å². The van der Waals surface area contributed by atoms with E-state index >= 15 is 0 Å². The van der Waals surface area contributed by atoms with Crippen molar-refractivity contribution in [1.82, 2.24) is 10.6 Å². The van der Waals surface area contributed by atoms with Crippen LogP contribution in [0.25, 0.3) is 0 Å². The molecule has 0 atom stereocenters. The van der Waals surface area contributed by atoms with Crippen molar-refractivity contribution in [3.05, 3.63) is 23.8 Å². The fraction of sp³-hybridized carbons (Fsp3) is 0.650. The number of rotatable bonds is 10. The number of hydrogen-bond acceptors (Lipinski definition) is 5. The second kappa shape index (κ2) is 10.4. The summed E-state index contributed by atoms with van der Waals surface area (Å²) in [6, 6.07) is 6.13. The number of carbonyl (C=O) groups excluding carboxylic acids is 1. The Balaban J connectivity index is 2.07. The number of amides is 1. The summed E-state index contributed by atoms with van der Waals surface area (Å²) in [6.07, 6.45) is 5.74. The van der Waals surface area contributed by atoms with Crippen LogP contribution in [0.4, 0.5) is 0 Å². The van der Waals surface area contributed by atoms with E-state index in [1.165, 1.54) is 24.8 Å². The highest BCUT2D eigenvalue weighted by Gasteiger charge is 2.34. The summed E-state index contributed by atoms with van der Waals surface area (Å²) >= 11 is 0. The smallest absolute Gasteiger partial charge is 0.233 e. The number of carbonyl (C=O) groups is 1. The summed E-state index contributed by atoms with van der Waals surface area (Å²) < 4.78 is 15.8. The molecule has 0 bridgehead atoms. The van der Waals surface area contributed by atoms with Gasteiger partial charge in [-0.3, -0.25) is 4.79 Å². The molecule has 0 radical (unpaired) electrons. The molecule has 0 saturated heterocycles. The third kappa shape index (κ3) is 5.35. The summed E-state index contributed by atoms with van der Waals surface area (Å²) in [4.78, 5) is 12.2. The molecule has 1 saturated carbocycles. The minimum Gasteiger partial charge on any atom is -0.493 e. The van der Waals surface area contributed by atoms with Crippen LogP contribution in [0.15, 0.2) is 18.2 Å². The van der Waals surface area contributed by atoms with Crippen molar-refractivity contribution in [2.75, 3.05) is 47.6 Å². The van der Waals surface area contributed by atoms with Gasteiger partial charge in [0.1, 0.15) is 0 Å². The fourth-order valence-electron chi connectivity index (χ4n) is 3.67. The van der Waals surface area contributed by atoms with Crippen LogP contribution < -0.4 is 20.1 Å². The second-order valence-corrected chi connectivity index (χ2v) is 6.86. The van der Waals surface area contributed by atoms with Crippen LogP contribution in [0, 0.1) is 0 Å². The molecule has 2 N–H and O–H groups in total. The van der Waals surface area contributed by atoms with Gasteiger partial charge in [0, 0.05) is 25.6 Å². The Bertz CT molecular complexity index is 571. The summed E-state index contributed by atoms with van der Waals surface area (Å²) in [7, 11) is 4.95. The van der Waals surface area contributed by atoms with Crippen LogP contribution in [0.2, 0.25) is 0 Å². The topological polar surface area (TPSA) is 68.8 Å². The van der Waals surface area contributed by atoms with Crippen LogP contribution in [0.5, 0.6) is 11.5 Å². The standard InChI is InChI=1S/C20H32N2O4/c1-24-12-11-21-14-19(23)22-15-20(9-5-4-6-10-20)16-7-8-17(25-2)18(13-16)26-3/h7-8,13,21H,4-6,9-12,14-15H2,1-3H3,(H,22,23). The second-order valence-electron chi connectivity index (χ2n) is 6.86. The third-order valence-electron chi connectivity index (χ3n) is 5.20. The van der Waals surface area contributed by atoms with Gasteiger partial charge >= 0.3 is 0 Å². The molecule has 0 aliphatic heterocycles. The van der Waals surface area contributed by atoms with Gasteiger partial charge in [0.25, 0.3) is 0 Å². The Kier molecular flexibility index (Phi) is 8.19. The first kappa shape index (κ1) is 20.5. The molecular formula is C20H32N2O4. The molecule has 6 heteroatoms. The molecule has 1 aromatic carbocycles. The lowest BCUT2D eigenvalue weighted by Crippen LogP contribution is -2.45. The zero-order valence-electron chi connectivity index (χ0n) is 16.2. The Morgan fingerprint density at radius 2 is 1.81 bits per heavy atom. The molecule has 1 aromatic rings. The summed E-state index contributed by atoms with van der Waals surface area (Å²) in [5.41, 5.74) is 1.17. The predicted octanol–water partition coefficient (Wildman–Crippen LogP) is 2.26. The average Bonchev–Trinajstić information content (AvgIpc) is 2.69. The van der Waals surface area contributed by atoms with Crippen LogP contribution >= 0.6 is 0 Å². The van der Waals surface area contributed by atoms with Crippen LogP contribution in [0.1, 0.15) is 37.7 Å². The first-order valence-corrected chi connectivity index (χ1v) is 9.34. The van der Waals surface area contributed by atoms with Gasteiger partial charge in [-0.1, -0.05) is 25.3 Å². The molecule has 1 aliphatic carbocycles. The van der Waals surface area contributed by atoms with E-state index in [1.54, 1.807) is 21.3 Å². The van der Waals surface area contributed by atoms with E-state index in [9.17, 15) is 4.79 Å². The summed E-state index contributed by atoms with van der Waals surface area (Å²) in [5, 5.41) is 6.21. The van der Waals surface area contributed by atoms with Gasteiger partial charge < -0.3 is 24.8 Å². The van der Waals surface area contributed by atoms with Gasteiger partial charge in [-0.05, 0) is 30.5 Å². The van der Waals surface area contributed by atoms with Gasteiger partial charge in [-0.15, -0.1) is 0 Å². The number of ether oxygens (including phenoxy) is 3. The quantitative estimate of drug-likeness (QED) is 0.623. The predicted molar refractivity (Wildman–Crippen MR) is 102 cm³/mol. The normalized spacial score (nSPS) is 16.1. The lowest BCUT2D eigenvalue weighted by molar-refractivity contribution is -0.120. The highest BCUT2D eigenvalue weighted by atomic mass is 16.5. The monoisotopic (exact) mass is 364 g/mol. The Morgan fingerprint density at radius 1 is 1.08 bits per heavy atom. The SMILES string of the molecule is COCCNCC(=O)NCC1(c2ccc(OC)c(OC)c2)CCCCC1. The molecule has 1 amide bonds. The third-order valence-corrected chi connectivity index (χ3v) is 5.20. The van der Waals surface area contributed by atoms with Crippen LogP contribution in [-0.4, -0.2) is 53.5 Å². The number of hydrogen-bond donors (Lipinski definition) is 2. The number of nitrogens with one attached hydrogen (secondary N) is 2. The average molecular weight is 364 g/mol. The first-order chi connectivity index (χ1) is 12.6. The van der Waals surface area contributed by atoms with Crippen LogP contribution in [-0.2, 0) is 14.9 Å². The minimum absolute atomic E-state index is 0.0199. The van der Waals surface area contributed by atoms with Gasteiger partial charge in [-0.2, -0.15) is 0 Å². The van der Waals surface area contributed by atoms with E-state index in [2.05, 4.69) is 22.8 Å². The van der Waals surface area contributed by atoms with Crippen molar-refractivity contribution in [2.24, 2.45) is 0 Å². The zero-order valence-corrected chi connectivity index (χ0v) is 16.2. The van der Waals surface area contributed by atoms with Crippen molar-refractivity contribution in [3.63, 3.8) is 0 Å². The lowest BCUT2D eigenvalue weighted by atomic mass is 9.69. The van der Waals surface area contributed by atoms with Crippen LogP contribution in [0.3, 0.4) is 0 Å². The Labute approximate surface area is 156 Å². The molecule has 0 unspecified atom stereocenters. The lowest BCUT2D eigenvalue weighted by Gasteiger charge is -2.38. The van der Waals surface area contributed by atoms with Crippen molar-refractivity contribution in [2.45, 2.75) is 37.5 Å². The highest BCUT2D eigenvalue weighted by Crippen LogP contribution is 2.42. The zero-order chi connectivity index (χ0) is 18.8.